The summed E-state index contributed by atoms with van der Waals surface area (Å²) in [5.41, 5.74) is -1.65. The van der Waals surface area contributed by atoms with Crippen molar-refractivity contribution < 1.29 is 19.1 Å². The molecule has 0 saturated carbocycles. The van der Waals surface area contributed by atoms with Gasteiger partial charge in [-0.1, -0.05) is 6.92 Å². The van der Waals surface area contributed by atoms with Crippen LogP contribution in [0.1, 0.15) is 40.5 Å². The first-order valence-electron chi connectivity index (χ1n) is 5.28. The predicted molar refractivity (Wildman–Crippen MR) is 54.1 cm³/mol. The summed E-state index contributed by atoms with van der Waals surface area (Å²) in [6, 6.07) is 0. The fourth-order valence-electron chi connectivity index (χ4n) is 2.02. The van der Waals surface area contributed by atoms with Crippen molar-refractivity contribution in [1.82, 2.24) is 0 Å². The molecule has 0 radical (unpaired) electrons. The minimum atomic E-state index is -1.08. The standard InChI is InChI=1S/C11H18O4/c1-5-11(8(12)14-6-2)7-10(3,4)15-9(11)13/h5-7H2,1-4H3. The number of hydrogen-bond acceptors (Lipinski definition) is 4. The molecule has 1 aliphatic rings. The van der Waals surface area contributed by atoms with Crippen molar-refractivity contribution in [2.45, 2.75) is 46.1 Å². The molecular weight excluding hydrogens is 196 g/mol. The summed E-state index contributed by atoms with van der Waals surface area (Å²) in [5, 5.41) is 0. The molecule has 0 aromatic heterocycles. The Morgan fingerprint density at radius 2 is 2.07 bits per heavy atom. The number of carbonyl (C=O) groups is 2. The highest BCUT2D eigenvalue weighted by molar-refractivity contribution is 6.01. The Kier molecular flexibility index (Phi) is 3.07. The minimum Gasteiger partial charge on any atom is -0.465 e. The van der Waals surface area contributed by atoms with Crippen molar-refractivity contribution in [2.75, 3.05) is 6.61 Å². The highest BCUT2D eigenvalue weighted by Crippen LogP contribution is 2.43. The van der Waals surface area contributed by atoms with E-state index in [1.807, 2.05) is 13.8 Å². The van der Waals surface area contributed by atoms with Crippen molar-refractivity contribution in [3.8, 4) is 0 Å². The number of carbonyl (C=O) groups excluding carboxylic acids is 2. The van der Waals surface area contributed by atoms with Gasteiger partial charge in [-0.15, -0.1) is 0 Å². The molecular formula is C11H18O4. The van der Waals surface area contributed by atoms with Crippen LogP contribution < -0.4 is 0 Å². The van der Waals surface area contributed by atoms with Crippen molar-refractivity contribution in [1.29, 1.82) is 0 Å². The van der Waals surface area contributed by atoms with Gasteiger partial charge in [0.2, 0.25) is 0 Å². The van der Waals surface area contributed by atoms with Crippen LogP contribution in [0, 0.1) is 5.41 Å². The van der Waals surface area contributed by atoms with Crippen LogP contribution in [-0.2, 0) is 19.1 Å². The number of cyclic esters (lactones) is 1. The minimum absolute atomic E-state index is 0.286. The van der Waals surface area contributed by atoms with Gasteiger partial charge in [-0.25, -0.2) is 0 Å². The second-order valence-electron chi connectivity index (χ2n) is 4.48. The molecule has 0 spiro atoms. The molecule has 1 rings (SSSR count). The Morgan fingerprint density at radius 1 is 1.47 bits per heavy atom. The summed E-state index contributed by atoms with van der Waals surface area (Å²) in [6.45, 7) is 7.43. The van der Waals surface area contributed by atoms with Gasteiger partial charge in [-0.2, -0.15) is 0 Å². The summed E-state index contributed by atoms with van der Waals surface area (Å²) in [5.74, 6) is -0.906. The predicted octanol–water partition coefficient (Wildman–Crippen LogP) is 1.67. The molecule has 0 aromatic carbocycles. The molecule has 86 valence electrons. The monoisotopic (exact) mass is 214 g/mol. The summed E-state index contributed by atoms with van der Waals surface area (Å²) in [7, 11) is 0. The third-order valence-corrected chi connectivity index (χ3v) is 2.76. The van der Waals surface area contributed by atoms with E-state index in [1.165, 1.54) is 0 Å². The van der Waals surface area contributed by atoms with E-state index in [2.05, 4.69) is 0 Å². The third kappa shape index (κ3) is 1.98. The van der Waals surface area contributed by atoms with Gasteiger partial charge in [0.1, 0.15) is 5.60 Å². The molecule has 0 bridgehead atoms. The Labute approximate surface area is 89.9 Å². The zero-order valence-corrected chi connectivity index (χ0v) is 9.75. The van der Waals surface area contributed by atoms with Crippen LogP contribution in [0.4, 0.5) is 0 Å². The smallest absolute Gasteiger partial charge is 0.324 e. The quantitative estimate of drug-likeness (QED) is 0.529. The van der Waals surface area contributed by atoms with Gasteiger partial charge in [0, 0.05) is 6.42 Å². The molecule has 1 fully saturated rings. The molecule has 1 unspecified atom stereocenters. The van der Waals surface area contributed by atoms with Crippen LogP contribution >= 0.6 is 0 Å². The second kappa shape index (κ2) is 3.83. The van der Waals surface area contributed by atoms with Gasteiger partial charge >= 0.3 is 11.9 Å². The van der Waals surface area contributed by atoms with Gasteiger partial charge in [-0.05, 0) is 27.2 Å². The number of esters is 2. The van der Waals surface area contributed by atoms with Crippen LogP contribution in [0.25, 0.3) is 0 Å². The van der Waals surface area contributed by atoms with Crippen molar-refractivity contribution in [3.05, 3.63) is 0 Å². The van der Waals surface area contributed by atoms with Gasteiger partial charge in [0.15, 0.2) is 5.41 Å². The summed E-state index contributed by atoms with van der Waals surface area (Å²) < 4.78 is 10.1. The maximum absolute atomic E-state index is 11.8. The van der Waals surface area contributed by atoms with Gasteiger partial charge in [0.25, 0.3) is 0 Å². The van der Waals surface area contributed by atoms with E-state index < -0.39 is 23.0 Å². The second-order valence-corrected chi connectivity index (χ2v) is 4.48. The number of hydrogen-bond donors (Lipinski definition) is 0. The topological polar surface area (TPSA) is 52.6 Å². The maximum Gasteiger partial charge on any atom is 0.324 e. The zero-order chi connectivity index (χ0) is 11.7. The molecule has 1 aliphatic heterocycles. The summed E-state index contributed by atoms with van der Waals surface area (Å²) in [6.07, 6.45) is 0.822. The highest BCUT2D eigenvalue weighted by atomic mass is 16.6. The SMILES string of the molecule is CCOC(=O)C1(CC)CC(C)(C)OC1=O. The molecule has 4 heteroatoms. The van der Waals surface area contributed by atoms with E-state index in [0.29, 0.717) is 12.8 Å². The summed E-state index contributed by atoms with van der Waals surface area (Å²) >= 11 is 0. The van der Waals surface area contributed by atoms with E-state index in [1.54, 1.807) is 13.8 Å². The first-order valence-corrected chi connectivity index (χ1v) is 5.28. The lowest BCUT2D eigenvalue weighted by atomic mass is 9.79. The molecule has 4 nitrogen and oxygen atoms in total. The lowest BCUT2D eigenvalue weighted by Crippen LogP contribution is -2.37. The fourth-order valence-corrected chi connectivity index (χ4v) is 2.02. The molecule has 1 atom stereocenters. The highest BCUT2D eigenvalue weighted by Gasteiger charge is 2.57. The van der Waals surface area contributed by atoms with E-state index in [4.69, 9.17) is 9.47 Å². The normalized spacial score (nSPS) is 28.7. The lowest BCUT2D eigenvalue weighted by Gasteiger charge is -2.21. The first kappa shape index (κ1) is 12.0. The lowest BCUT2D eigenvalue weighted by molar-refractivity contribution is -0.165. The Bertz CT molecular complexity index is 282. The molecule has 15 heavy (non-hydrogen) atoms. The Morgan fingerprint density at radius 3 is 2.40 bits per heavy atom. The van der Waals surface area contributed by atoms with Crippen molar-refractivity contribution >= 4 is 11.9 Å². The fraction of sp³-hybridized carbons (Fsp3) is 0.818. The molecule has 0 aromatic rings. The first-order chi connectivity index (χ1) is 6.88. The van der Waals surface area contributed by atoms with Crippen LogP contribution in [0.5, 0.6) is 0 Å². The zero-order valence-electron chi connectivity index (χ0n) is 9.75. The van der Waals surface area contributed by atoms with Gasteiger partial charge < -0.3 is 9.47 Å². The third-order valence-electron chi connectivity index (χ3n) is 2.76. The molecule has 0 aliphatic carbocycles. The molecule has 0 amide bonds. The largest absolute Gasteiger partial charge is 0.465 e. The number of ether oxygens (including phenoxy) is 2. The Hall–Kier alpha value is -1.06. The summed E-state index contributed by atoms with van der Waals surface area (Å²) in [4.78, 5) is 23.5. The van der Waals surface area contributed by atoms with Gasteiger partial charge in [0.05, 0.1) is 6.61 Å². The van der Waals surface area contributed by atoms with Crippen LogP contribution in [0.2, 0.25) is 0 Å². The van der Waals surface area contributed by atoms with Crippen molar-refractivity contribution in [2.24, 2.45) is 5.41 Å². The van der Waals surface area contributed by atoms with E-state index in [-0.39, 0.29) is 6.61 Å². The number of rotatable bonds is 3. The van der Waals surface area contributed by atoms with Crippen LogP contribution in [0.15, 0.2) is 0 Å². The van der Waals surface area contributed by atoms with Crippen LogP contribution in [0.3, 0.4) is 0 Å². The Balaban J connectivity index is 2.96. The average molecular weight is 214 g/mol. The van der Waals surface area contributed by atoms with E-state index >= 15 is 0 Å². The molecule has 1 heterocycles. The molecule has 1 saturated heterocycles. The van der Waals surface area contributed by atoms with E-state index in [0.717, 1.165) is 0 Å². The molecule has 0 N–H and O–H groups in total. The van der Waals surface area contributed by atoms with E-state index in [9.17, 15) is 9.59 Å². The maximum atomic E-state index is 11.8. The van der Waals surface area contributed by atoms with Gasteiger partial charge in [-0.3, -0.25) is 9.59 Å². The van der Waals surface area contributed by atoms with Crippen LogP contribution in [-0.4, -0.2) is 24.1 Å². The van der Waals surface area contributed by atoms with Crippen molar-refractivity contribution in [3.63, 3.8) is 0 Å². The average Bonchev–Trinajstić information content (AvgIpc) is 2.37.